The average Bonchev–Trinajstić information content (AvgIpc) is 3.25. The van der Waals surface area contributed by atoms with Gasteiger partial charge in [-0.1, -0.05) is 18.2 Å². The highest BCUT2D eigenvalue weighted by atomic mass is 19.1. The smallest absolute Gasteiger partial charge is 0.223 e. The number of rotatable bonds is 4. The lowest BCUT2D eigenvalue weighted by molar-refractivity contribution is 0.601. The molecule has 0 unspecified atom stereocenters. The second kappa shape index (κ2) is 7.81. The molecular formula is C22H14FN9. The molecule has 2 N–H and O–H groups in total. The Morgan fingerprint density at radius 2 is 1.97 bits per heavy atom. The summed E-state index contributed by atoms with van der Waals surface area (Å²) in [6, 6.07) is 11.6. The van der Waals surface area contributed by atoms with E-state index in [9.17, 15) is 4.39 Å². The highest BCUT2D eigenvalue weighted by molar-refractivity contribution is 5.89. The van der Waals surface area contributed by atoms with E-state index in [4.69, 9.17) is 12.3 Å². The van der Waals surface area contributed by atoms with Crippen molar-refractivity contribution in [1.29, 1.82) is 0 Å². The van der Waals surface area contributed by atoms with Crippen LogP contribution in [0, 0.1) is 12.4 Å². The number of hydrogen-bond donors (Lipinski definition) is 1. The van der Waals surface area contributed by atoms with Crippen molar-refractivity contribution in [2.24, 2.45) is 0 Å². The van der Waals surface area contributed by atoms with Crippen LogP contribution in [0.1, 0.15) is 11.5 Å². The van der Waals surface area contributed by atoms with Crippen LogP contribution < -0.4 is 5.73 Å². The summed E-state index contributed by atoms with van der Waals surface area (Å²) in [4.78, 5) is 25.1. The number of pyridine rings is 1. The standard InChI is InChI=1S/C22H14FN9/c1-25-14-5-2-4-13(10-14)20-19(16-7-9-26-12-28-16)21-29-18(31-32(21)22(24)30-20)11-17-15(23)6-3-8-27-17/h2-10,12H,11H2,(H2,24,30). The molecule has 4 heterocycles. The molecule has 0 amide bonds. The molecule has 0 bridgehead atoms. The highest BCUT2D eigenvalue weighted by Crippen LogP contribution is 2.35. The minimum Gasteiger partial charge on any atom is -0.368 e. The van der Waals surface area contributed by atoms with Gasteiger partial charge in [0.2, 0.25) is 5.95 Å². The zero-order valence-electron chi connectivity index (χ0n) is 16.5. The Balaban J connectivity index is 1.76. The van der Waals surface area contributed by atoms with Crippen LogP contribution in [-0.2, 0) is 6.42 Å². The molecule has 0 atom stereocenters. The highest BCUT2D eigenvalue weighted by Gasteiger charge is 2.21. The summed E-state index contributed by atoms with van der Waals surface area (Å²) in [5, 5.41) is 4.42. The van der Waals surface area contributed by atoms with E-state index in [-0.39, 0.29) is 18.1 Å². The largest absolute Gasteiger partial charge is 0.368 e. The minimum absolute atomic E-state index is 0.0829. The fraction of sp³-hybridized carbons (Fsp3) is 0.0455. The van der Waals surface area contributed by atoms with Crippen LogP contribution in [0.3, 0.4) is 0 Å². The van der Waals surface area contributed by atoms with Crippen molar-refractivity contribution in [1.82, 2.24) is 34.5 Å². The van der Waals surface area contributed by atoms with Gasteiger partial charge >= 0.3 is 0 Å². The fourth-order valence-electron chi connectivity index (χ4n) is 3.38. The Bertz CT molecular complexity index is 1490. The number of fused-ring (bicyclic) bond motifs is 1. The maximum absolute atomic E-state index is 14.1. The number of nitrogens with two attached hydrogens (primary N) is 1. The Hall–Kier alpha value is -4.78. The minimum atomic E-state index is -0.440. The molecule has 5 aromatic rings. The molecule has 154 valence electrons. The molecule has 0 saturated carbocycles. The van der Waals surface area contributed by atoms with Gasteiger partial charge in [-0.2, -0.15) is 4.52 Å². The molecule has 0 aliphatic carbocycles. The van der Waals surface area contributed by atoms with Crippen LogP contribution in [0.2, 0.25) is 0 Å². The van der Waals surface area contributed by atoms with Gasteiger partial charge in [0.05, 0.1) is 35.6 Å². The first-order valence-corrected chi connectivity index (χ1v) is 9.53. The third-order valence-electron chi connectivity index (χ3n) is 4.80. The monoisotopic (exact) mass is 423 g/mol. The lowest BCUT2D eigenvalue weighted by Crippen LogP contribution is -2.06. The molecule has 0 radical (unpaired) electrons. The summed E-state index contributed by atoms with van der Waals surface area (Å²) in [5.41, 5.74) is 9.63. The number of nitrogens with zero attached hydrogens (tertiary/aromatic N) is 8. The van der Waals surface area contributed by atoms with Crippen LogP contribution in [0.5, 0.6) is 0 Å². The van der Waals surface area contributed by atoms with E-state index in [1.165, 1.54) is 29.2 Å². The topological polar surface area (TPSA) is 112 Å². The molecule has 9 nitrogen and oxygen atoms in total. The summed E-state index contributed by atoms with van der Waals surface area (Å²) in [5.74, 6) is -0.00939. The van der Waals surface area contributed by atoms with E-state index in [1.807, 2.05) is 6.07 Å². The van der Waals surface area contributed by atoms with Gasteiger partial charge in [-0.15, -0.1) is 5.10 Å². The third-order valence-corrected chi connectivity index (χ3v) is 4.80. The lowest BCUT2D eigenvalue weighted by Gasteiger charge is -2.11. The van der Waals surface area contributed by atoms with Gasteiger partial charge in [-0.05, 0) is 29.8 Å². The molecule has 0 aliphatic heterocycles. The third kappa shape index (κ3) is 3.37. The van der Waals surface area contributed by atoms with Crippen molar-refractivity contribution >= 4 is 17.3 Å². The molecule has 0 spiro atoms. The van der Waals surface area contributed by atoms with E-state index < -0.39 is 5.82 Å². The van der Waals surface area contributed by atoms with Crippen molar-refractivity contribution in [3.63, 3.8) is 0 Å². The van der Waals surface area contributed by atoms with Gasteiger partial charge in [0.15, 0.2) is 17.2 Å². The van der Waals surface area contributed by atoms with Crippen molar-refractivity contribution in [2.45, 2.75) is 6.42 Å². The normalized spacial score (nSPS) is 10.9. The Morgan fingerprint density at radius 1 is 1.06 bits per heavy atom. The summed E-state index contributed by atoms with van der Waals surface area (Å²) in [6.45, 7) is 7.32. The molecule has 0 fully saturated rings. The van der Waals surface area contributed by atoms with Gasteiger partial charge in [0, 0.05) is 12.4 Å². The molecule has 32 heavy (non-hydrogen) atoms. The predicted octanol–water partition coefficient (Wildman–Crippen LogP) is 3.51. The number of aromatic nitrogens is 7. The zero-order valence-corrected chi connectivity index (χ0v) is 16.5. The first kappa shape index (κ1) is 19.2. The van der Waals surface area contributed by atoms with Crippen molar-refractivity contribution in [3.05, 3.63) is 89.9 Å². The van der Waals surface area contributed by atoms with E-state index >= 15 is 0 Å². The number of nitrogen functional groups attached to an aromatic ring is 1. The molecule has 1 aromatic carbocycles. The Labute approximate surface area is 181 Å². The van der Waals surface area contributed by atoms with Crippen LogP contribution in [0.15, 0.2) is 61.2 Å². The summed E-state index contributed by atoms with van der Waals surface area (Å²) in [6.07, 6.45) is 4.62. The van der Waals surface area contributed by atoms with Crippen molar-refractivity contribution in [2.75, 3.05) is 5.73 Å². The van der Waals surface area contributed by atoms with Crippen molar-refractivity contribution < 1.29 is 4.39 Å². The SMILES string of the molecule is [C-]#[N+]c1cccc(-c2nc(N)n3nc(Cc4ncccc4F)nc3c2-c2ccncn2)c1. The van der Waals surface area contributed by atoms with E-state index in [0.29, 0.717) is 39.7 Å². The predicted molar refractivity (Wildman–Crippen MR) is 115 cm³/mol. The zero-order chi connectivity index (χ0) is 22.1. The van der Waals surface area contributed by atoms with Crippen molar-refractivity contribution in [3.8, 4) is 22.5 Å². The van der Waals surface area contributed by atoms with E-state index in [0.717, 1.165) is 0 Å². The van der Waals surface area contributed by atoms with Gasteiger partial charge < -0.3 is 5.73 Å². The van der Waals surface area contributed by atoms with Crippen LogP contribution in [0.4, 0.5) is 16.0 Å². The quantitative estimate of drug-likeness (QED) is 0.440. The molecule has 4 aromatic heterocycles. The first-order valence-electron chi connectivity index (χ1n) is 9.53. The van der Waals surface area contributed by atoms with Gasteiger partial charge in [0.25, 0.3) is 0 Å². The second-order valence-corrected chi connectivity index (χ2v) is 6.82. The maximum atomic E-state index is 14.1. The molecule has 5 rings (SSSR count). The molecule has 10 heteroatoms. The summed E-state index contributed by atoms with van der Waals surface area (Å²) < 4.78 is 15.5. The molecule has 0 saturated heterocycles. The molecule has 0 aliphatic rings. The average molecular weight is 423 g/mol. The van der Waals surface area contributed by atoms with Crippen LogP contribution >= 0.6 is 0 Å². The lowest BCUT2D eigenvalue weighted by atomic mass is 10.0. The first-order chi connectivity index (χ1) is 15.6. The van der Waals surface area contributed by atoms with Crippen LogP contribution in [0.25, 0.3) is 33.0 Å². The Kier molecular flexibility index (Phi) is 4.68. The van der Waals surface area contributed by atoms with Gasteiger partial charge in [-0.3, -0.25) is 4.98 Å². The number of hydrogen-bond acceptors (Lipinski definition) is 7. The fourth-order valence-corrected chi connectivity index (χ4v) is 3.38. The van der Waals surface area contributed by atoms with Gasteiger partial charge in [-0.25, -0.2) is 29.2 Å². The second-order valence-electron chi connectivity index (χ2n) is 6.82. The number of anilines is 1. The van der Waals surface area contributed by atoms with Crippen LogP contribution in [-0.4, -0.2) is 34.5 Å². The summed E-state index contributed by atoms with van der Waals surface area (Å²) in [7, 11) is 0. The summed E-state index contributed by atoms with van der Waals surface area (Å²) >= 11 is 0. The number of benzene rings is 1. The Morgan fingerprint density at radius 3 is 2.75 bits per heavy atom. The van der Waals surface area contributed by atoms with Gasteiger partial charge in [0.1, 0.15) is 12.1 Å². The van der Waals surface area contributed by atoms with E-state index in [2.05, 4.69) is 34.9 Å². The maximum Gasteiger partial charge on any atom is 0.223 e. The number of halogens is 1. The van der Waals surface area contributed by atoms with E-state index in [1.54, 1.807) is 30.5 Å². The molecular weight excluding hydrogens is 409 g/mol.